The lowest BCUT2D eigenvalue weighted by Gasteiger charge is -2.07. The molecule has 2 aromatic carbocycles. The number of nitroso groups, excluding NO2 is 1. The first kappa shape index (κ1) is 14.1. The Morgan fingerprint density at radius 1 is 1.20 bits per heavy atom. The van der Waals surface area contributed by atoms with Gasteiger partial charge in [0.25, 0.3) is 5.69 Å². The van der Waals surface area contributed by atoms with Crippen LogP contribution >= 0.6 is 0 Å². The number of rotatable bonds is 1. The van der Waals surface area contributed by atoms with Gasteiger partial charge in [-0.15, -0.1) is 0 Å². The summed E-state index contributed by atoms with van der Waals surface area (Å²) in [4.78, 5) is 15.8. The molecule has 1 aliphatic rings. The van der Waals surface area contributed by atoms with Gasteiger partial charge in [0, 0.05) is 35.0 Å². The van der Waals surface area contributed by atoms with Crippen LogP contribution in [0.3, 0.4) is 0 Å². The van der Waals surface area contributed by atoms with Crippen molar-refractivity contribution in [2.75, 3.05) is 6.54 Å². The monoisotopic (exact) mass is 334 g/mol. The SMILES string of the molecule is Cn1cc2c3c(c4cc(-c5ccc(O)cc5)[nH]c4c(O)c31)[N+](=O)CC2. The third-order valence-electron chi connectivity index (χ3n) is 5.04. The summed E-state index contributed by atoms with van der Waals surface area (Å²) in [6.45, 7) is 0.408. The molecule has 0 atom stereocenters. The number of aromatic amines is 1. The fourth-order valence-corrected chi connectivity index (χ4v) is 3.90. The van der Waals surface area contributed by atoms with Gasteiger partial charge >= 0.3 is 0 Å². The summed E-state index contributed by atoms with van der Waals surface area (Å²) in [6.07, 6.45) is 2.66. The summed E-state index contributed by atoms with van der Waals surface area (Å²) in [6, 6.07) is 8.70. The van der Waals surface area contributed by atoms with E-state index >= 15 is 0 Å². The van der Waals surface area contributed by atoms with Crippen LogP contribution in [0.2, 0.25) is 0 Å². The van der Waals surface area contributed by atoms with E-state index in [9.17, 15) is 15.1 Å². The zero-order valence-corrected chi connectivity index (χ0v) is 13.6. The Balaban J connectivity index is 1.91. The first-order chi connectivity index (χ1) is 12.0. The standard InChI is InChI=1S/C19H15N3O3/c1-21-9-11-6-7-22(25)17-13-8-14(10-2-4-12(23)5-3-10)20-16(13)19(24)18(21)15(11)17/h2-5,8-9H,6-7H2,1H3,(H2-,20,23,24,25)/p+1. The first-order valence-corrected chi connectivity index (χ1v) is 8.14. The van der Waals surface area contributed by atoms with Crippen LogP contribution in [-0.4, -0.2) is 31.1 Å². The summed E-state index contributed by atoms with van der Waals surface area (Å²) in [7, 11) is 1.88. The molecule has 6 nitrogen and oxygen atoms in total. The Hall–Kier alpha value is -3.28. The van der Waals surface area contributed by atoms with E-state index in [0.717, 1.165) is 32.4 Å². The Morgan fingerprint density at radius 2 is 1.96 bits per heavy atom. The third kappa shape index (κ3) is 1.79. The predicted molar refractivity (Wildman–Crippen MR) is 95.4 cm³/mol. The van der Waals surface area contributed by atoms with Crippen molar-refractivity contribution in [1.82, 2.24) is 9.55 Å². The van der Waals surface area contributed by atoms with Crippen LogP contribution < -0.4 is 0 Å². The molecule has 0 amide bonds. The van der Waals surface area contributed by atoms with Crippen molar-refractivity contribution in [1.29, 1.82) is 0 Å². The molecule has 4 aromatic rings. The highest BCUT2D eigenvalue weighted by molar-refractivity contribution is 6.13. The summed E-state index contributed by atoms with van der Waals surface area (Å²) in [5.41, 5.74) is 4.60. The molecule has 0 saturated carbocycles. The van der Waals surface area contributed by atoms with Crippen molar-refractivity contribution >= 4 is 27.5 Å². The number of phenolic OH excluding ortho intramolecular Hbond substituents is 2. The molecule has 0 bridgehead atoms. The van der Waals surface area contributed by atoms with Gasteiger partial charge in [0.1, 0.15) is 5.75 Å². The van der Waals surface area contributed by atoms with Gasteiger partial charge in [-0.2, -0.15) is 0 Å². The van der Waals surface area contributed by atoms with Gasteiger partial charge in [0.05, 0.1) is 21.8 Å². The van der Waals surface area contributed by atoms with Crippen LogP contribution in [0.15, 0.2) is 36.5 Å². The van der Waals surface area contributed by atoms with Crippen LogP contribution in [0.25, 0.3) is 33.1 Å². The Bertz CT molecular complexity index is 1180. The average molecular weight is 334 g/mol. The lowest BCUT2D eigenvalue weighted by molar-refractivity contribution is -0.461. The van der Waals surface area contributed by atoms with Gasteiger partial charge in [-0.05, 0) is 41.5 Å². The molecule has 124 valence electrons. The summed E-state index contributed by atoms with van der Waals surface area (Å²) < 4.78 is 2.90. The van der Waals surface area contributed by atoms with Crippen LogP contribution in [-0.2, 0) is 13.5 Å². The second-order valence-electron chi connectivity index (χ2n) is 6.56. The molecule has 0 saturated heterocycles. The zero-order chi connectivity index (χ0) is 17.3. The number of aromatic nitrogens is 2. The number of aryl methyl sites for hydroxylation is 1. The lowest BCUT2D eigenvalue weighted by atomic mass is 10.0. The van der Waals surface area contributed by atoms with E-state index in [1.165, 1.54) is 0 Å². The van der Waals surface area contributed by atoms with Gasteiger partial charge in [0.2, 0.25) is 6.54 Å². The second kappa shape index (κ2) is 4.63. The number of hydrogen-bond acceptors (Lipinski definition) is 3. The summed E-state index contributed by atoms with van der Waals surface area (Å²) in [5.74, 6) is 0.349. The smallest absolute Gasteiger partial charge is 0.275 e. The van der Waals surface area contributed by atoms with E-state index in [-0.39, 0.29) is 11.5 Å². The minimum Gasteiger partial charge on any atom is -0.508 e. The molecule has 25 heavy (non-hydrogen) atoms. The number of fused-ring (bicyclic) bond motifs is 2. The van der Waals surface area contributed by atoms with Gasteiger partial charge in [0.15, 0.2) is 5.75 Å². The molecule has 0 unspecified atom stereocenters. The average Bonchev–Trinajstić information content (AvgIpc) is 3.16. The Labute approximate surface area is 142 Å². The Kier molecular flexibility index (Phi) is 2.61. The lowest BCUT2D eigenvalue weighted by Crippen LogP contribution is -2.11. The van der Waals surface area contributed by atoms with Crippen molar-refractivity contribution in [2.24, 2.45) is 7.05 Å². The molecule has 3 N–H and O–H groups in total. The number of phenols is 2. The van der Waals surface area contributed by atoms with Crippen molar-refractivity contribution in [2.45, 2.75) is 6.42 Å². The van der Waals surface area contributed by atoms with E-state index in [0.29, 0.717) is 29.7 Å². The molecule has 0 spiro atoms. The number of nitrogens with one attached hydrogen (secondary N) is 1. The predicted octanol–water partition coefficient (Wildman–Crippen LogP) is 3.70. The number of hydrogen-bond donors (Lipinski definition) is 3. The third-order valence-corrected chi connectivity index (χ3v) is 5.04. The normalized spacial score (nSPS) is 13.9. The second-order valence-corrected chi connectivity index (χ2v) is 6.56. The fourth-order valence-electron chi connectivity index (χ4n) is 3.90. The van der Waals surface area contributed by atoms with Crippen molar-refractivity contribution in [3.8, 4) is 22.8 Å². The van der Waals surface area contributed by atoms with Crippen LogP contribution in [0.4, 0.5) is 5.69 Å². The maximum atomic E-state index is 12.6. The first-order valence-electron chi connectivity index (χ1n) is 8.14. The quantitative estimate of drug-likeness (QED) is 0.464. The molecule has 3 heterocycles. The molecule has 2 aromatic heterocycles. The fraction of sp³-hybridized carbons (Fsp3) is 0.158. The Morgan fingerprint density at radius 3 is 2.72 bits per heavy atom. The molecule has 0 fully saturated rings. The highest BCUT2D eigenvalue weighted by Crippen LogP contribution is 2.46. The van der Waals surface area contributed by atoms with Gasteiger partial charge in [-0.25, -0.2) is 0 Å². The van der Waals surface area contributed by atoms with Gasteiger partial charge < -0.3 is 19.8 Å². The number of benzene rings is 2. The molecule has 5 rings (SSSR count). The van der Waals surface area contributed by atoms with Crippen molar-refractivity contribution in [3.63, 3.8) is 0 Å². The maximum absolute atomic E-state index is 12.6. The maximum Gasteiger partial charge on any atom is 0.275 e. The topological polar surface area (TPSA) is 81.3 Å². The van der Waals surface area contributed by atoms with E-state index in [2.05, 4.69) is 4.98 Å². The molecule has 0 radical (unpaired) electrons. The van der Waals surface area contributed by atoms with E-state index in [1.807, 2.05) is 23.9 Å². The van der Waals surface area contributed by atoms with Crippen LogP contribution in [0.5, 0.6) is 11.5 Å². The van der Waals surface area contributed by atoms with Crippen molar-refractivity contribution in [3.05, 3.63) is 47.0 Å². The number of nitrogens with zero attached hydrogens (tertiary/aromatic N) is 2. The van der Waals surface area contributed by atoms with Crippen LogP contribution in [0.1, 0.15) is 5.56 Å². The van der Waals surface area contributed by atoms with Gasteiger partial charge in [-0.1, -0.05) is 0 Å². The van der Waals surface area contributed by atoms with E-state index < -0.39 is 0 Å². The molecule has 6 heteroatoms. The highest BCUT2D eigenvalue weighted by Gasteiger charge is 2.34. The highest BCUT2D eigenvalue weighted by atomic mass is 16.3. The molecule has 1 aliphatic heterocycles. The zero-order valence-electron chi connectivity index (χ0n) is 13.6. The molecule has 0 aliphatic carbocycles. The van der Waals surface area contributed by atoms with E-state index in [1.54, 1.807) is 24.3 Å². The largest absolute Gasteiger partial charge is 0.508 e. The summed E-state index contributed by atoms with van der Waals surface area (Å²) >= 11 is 0. The molecular weight excluding hydrogens is 318 g/mol. The van der Waals surface area contributed by atoms with Gasteiger partial charge in [-0.3, -0.25) is 0 Å². The van der Waals surface area contributed by atoms with Crippen molar-refractivity contribution < 1.29 is 15.0 Å². The number of aromatic hydroxyl groups is 2. The minimum atomic E-state index is 0.155. The molecular formula is C19H16N3O3+. The van der Waals surface area contributed by atoms with Crippen LogP contribution in [0, 0.1) is 4.91 Å². The van der Waals surface area contributed by atoms with E-state index in [4.69, 9.17) is 0 Å². The number of H-pyrrole nitrogens is 1. The summed E-state index contributed by atoms with van der Waals surface area (Å²) in [5, 5.41) is 21.9. The minimum absolute atomic E-state index is 0.155.